The molecule has 1 unspecified atom stereocenters. The van der Waals surface area contributed by atoms with Gasteiger partial charge in [-0.3, -0.25) is 4.90 Å². The summed E-state index contributed by atoms with van der Waals surface area (Å²) in [4.78, 5) is 2.48. The lowest BCUT2D eigenvalue weighted by atomic mass is 9.77. The van der Waals surface area contributed by atoms with Crippen molar-refractivity contribution in [1.82, 2.24) is 4.90 Å². The van der Waals surface area contributed by atoms with E-state index in [9.17, 15) is 0 Å². The summed E-state index contributed by atoms with van der Waals surface area (Å²) < 4.78 is 0. The SMILES string of the molecule is CCN(CC)C(C)(C)C(N)CC1CCC1. The van der Waals surface area contributed by atoms with Crippen LogP contribution in [0.2, 0.25) is 0 Å². The summed E-state index contributed by atoms with van der Waals surface area (Å²) in [5.41, 5.74) is 6.52. The molecule has 0 amide bonds. The van der Waals surface area contributed by atoms with Gasteiger partial charge < -0.3 is 5.73 Å². The third-order valence-corrected chi connectivity index (χ3v) is 4.30. The molecule has 90 valence electrons. The first-order valence-corrected chi connectivity index (χ1v) is 6.53. The van der Waals surface area contributed by atoms with E-state index in [4.69, 9.17) is 5.73 Å². The van der Waals surface area contributed by atoms with Crippen LogP contribution in [-0.4, -0.2) is 29.6 Å². The van der Waals surface area contributed by atoms with Crippen LogP contribution in [0, 0.1) is 5.92 Å². The van der Waals surface area contributed by atoms with Crippen molar-refractivity contribution in [3.8, 4) is 0 Å². The molecule has 0 aliphatic heterocycles. The first-order valence-electron chi connectivity index (χ1n) is 6.53. The fraction of sp³-hybridized carbons (Fsp3) is 1.00. The molecule has 1 fully saturated rings. The van der Waals surface area contributed by atoms with Crippen molar-refractivity contribution in [3.05, 3.63) is 0 Å². The molecule has 1 atom stereocenters. The van der Waals surface area contributed by atoms with Crippen LogP contribution in [0.5, 0.6) is 0 Å². The van der Waals surface area contributed by atoms with E-state index in [1.54, 1.807) is 0 Å². The van der Waals surface area contributed by atoms with Gasteiger partial charge in [0, 0.05) is 11.6 Å². The molecule has 0 aromatic rings. The van der Waals surface area contributed by atoms with Gasteiger partial charge in [-0.25, -0.2) is 0 Å². The van der Waals surface area contributed by atoms with Crippen LogP contribution < -0.4 is 5.73 Å². The minimum atomic E-state index is 0.152. The van der Waals surface area contributed by atoms with Gasteiger partial charge in [-0.05, 0) is 39.3 Å². The van der Waals surface area contributed by atoms with E-state index >= 15 is 0 Å². The second kappa shape index (κ2) is 5.31. The fourth-order valence-electron chi connectivity index (χ4n) is 2.65. The van der Waals surface area contributed by atoms with E-state index in [1.807, 2.05) is 0 Å². The molecule has 0 aromatic heterocycles. The Morgan fingerprint density at radius 1 is 1.27 bits per heavy atom. The van der Waals surface area contributed by atoms with Gasteiger partial charge in [0.05, 0.1) is 0 Å². The number of nitrogens with two attached hydrogens (primary N) is 1. The molecule has 1 aliphatic carbocycles. The van der Waals surface area contributed by atoms with Crippen LogP contribution >= 0.6 is 0 Å². The molecule has 1 aliphatic rings. The third kappa shape index (κ3) is 2.94. The van der Waals surface area contributed by atoms with Crippen molar-refractivity contribution >= 4 is 0 Å². The number of rotatable bonds is 6. The molecule has 1 rings (SSSR count). The van der Waals surface area contributed by atoms with Crippen LogP contribution in [0.15, 0.2) is 0 Å². The van der Waals surface area contributed by atoms with Crippen LogP contribution in [0.1, 0.15) is 53.4 Å². The molecular weight excluding hydrogens is 184 g/mol. The molecule has 0 radical (unpaired) electrons. The zero-order valence-corrected chi connectivity index (χ0v) is 10.9. The van der Waals surface area contributed by atoms with E-state index < -0.39 is 0 Å². The fourth-order valence-corrected chi connectivity index (χ4v) is 2.65. The van der Waals surface area contributed by atoms with Gasteiger partial charge in [-0.2, -0.15) is 0 Å². The number of nitrogens with zero attached hydrogens (tertiary/aromatic N) is 1. The highest BCUT2D eigenvalue weighted by Gasteiger charge is 2.33. The van der Waals surface area contributed by atoms with Crippen molar-refractivity contribution < 1.29 is 0 Å². The smallest absolute Gasteiger partial charge is 0.0303 e. The normalized spacial score (nSPS) is 20.4. The molecule has 15 heavy (non-hydrogen) atoms. The summed E-state index contributed by atoms with van der Waals surface area (Å²) in [7, 11) is 0. The second-order valence-electron chi connectivity index (χ2n) is 5.47. The number of likely N-dealkylation sites (N-methyl/N-ethyl adjacent to an activating group) is 1. The van der Waals surface area contributed by atoms with Gasteiger partial charge in [0.2, 0.25) is 0 Å². The molecular formula is C13H28N2. The lowest BCUT2D eigenvalue weighted by Crippen LogP contribution is -2.56. The Balaban J connectivity index is 2.49. The summed E-state index contributed by atoms with van der Waals surface area (Å²) in [5, 5.41) is 0. The Labute approximate surface area is 95.2 Å². The van der Waals surface area contributed by atoms with Crippen molar-refractivity contribution in [1.29, 1.82) is 0 Å². The Morgan fingerprint density at radius 3 is 2.13 bits per heavy atom. The average Bonchev–Trinajstić information content (AvgIpc) is 2.12. The summed E-state index contributed by atoms with van der Waals surface area (Å²) in [6.45, 7) is 11.2. The summed E-state index contributed by atoms with van der Waals surface area (Å²) >= 11 is 0. The second-order valence-corrected chi connectivity index (χ2v) is 5.47. The minimum absolute atomic E-state index is 0.152. The predicted octanol–water partition coefficient (Wildman–Crippen LogP) is 2.62. The van der Waals surface area contributed by atoms with E-state index in [2.05, 4.69) is 32.6 Å². The maximum absolute atomic E-state index is 6.37. The first-order chi connectivity index (χ1) is 7.02. The molecule has 0 spiro atoms. The molecule has 2 heteroatoms. The van der Waals surface area contributed by atoms with Crippen molar-refractivity contribution in [2.24, 2.45) is 11.7 Å². The Bertz CT molecular complexity index is 181. The van der Waals surface area contributed by atoms with Crippen LogP contribution in [0.3, 0.4) is 0 Å². The Morgan fingerprint density at radius 2 is 1.80 bits per heavy atom. The quantitative estimate of drug-likeness (QED) is 0.733. The average molecular weight is 212 g/mol. The van der Waals surface area contributed by atoms with E-state index in [-0.39, 0.29) is 5.54 Å². The zero-order valence-electron chi connectivity index (χ0n) is 10.9. The van der Waals surface area contributed by atoms with E-state index in [0.29, 0.717) is 6.04 Å². The van der Waals surface area contributed by atoms with Crippen molar-refractivity contribution in [2.45, 2.75) is 65.0 Å². The Hall–Kier alpha value is -0.0800. The van der Waals surface area contributed by atoms with E-state index in [0.717, 1.165) is 19.0 Å². The lowest BCUT2D eigenvalue weighted by Gasteiger charge is -2.44. The van der Waals surface area contributed by atoms with Crippen molar-refractivity contribution in [3.63, 3.8) is 0 Å². The maximum Gasteiger partial charge on any atom is 0.0303 e. The highest BCUT2D eigenvalue weighted by Crippen LogP contribution is 2.33. The first kappa shape index (κ1) is 13.0. The molecule has 0 aromatic carbocycles. The molecule has 2 nitrogen and oxygen atoms in total. The zero-order chi connectivity index (χ0) is 11.5. The molecule has 1 saturated carbocycles. The molecule has 0 saturated heterocycles. The highest BCUT2D eigenvalue weighted by molar-refractivity contribution is 4.93. The molecule has 0 bridgehead atoms. The largest absolute Gasteiger partial charge is 0.326 e. The predicted molar refractivity (Wildman–Crippen MR) is 66.9 cm³/mol. The molecule has 2 N–H and O–H groups in total. The summed E-state index contributed by atoms with van der Waals surface area (Å²) in [6, 6.07) is 0.322. The van der Waals surface area contributed by atoms with Crippen LogP contribution in [0.4, 0.5) is 0 Å². The van der Waals surface area contributed by atoms with Gasteiger partial charge in [-0.15, -0.1) is 0 Å². The third-order valence-electron chi connectivity index (χ3n) is 4.30. The summed E-state index contributed by atoms with van der Waals surface area (Å²) in [6.07, 6.45) is 5.44. The van der Waals surface area contributed by atoms with Gasteiger partial charge >= 0.3 is 0 Å². The Kier molecular flexibility index (Phi) is 4.60. The maximum atomic E-state index is 6.37. The number of hydrogen-bond acceptors (Lipinski definition) is 2. The van der Waals surface area contributed by atoms with Gasteiger partial charge in [0.15, 0.2) is 0 Å². The topological polar surface area (TPSA) is 29.3 Å². The monoisotopic (exact) mass is 212 g/mol. The van der Waals surface area contributed by atoms with Crippen LogP contribution in [0.25, 0.3) is 0 Å². The molecule has 0 heterocycles. The van der Waals surface area contributed by atoms with Crippen LogP contribution in [-0.2, 0) is 0 Å². The van der Waals surface area contributed by atoms with E-state index in [1.165, 1.54) is 25.7 Å². The minimum Gasteiger partial charge on any atom is -0.326 e. The van der Waals surface area contributed by atoms with Gasteiger partial charge in [-0.1, -0.05) is 33.1 Å². The van der Waals surface area contributed by atoms with Gasteiger partial charge in [0.1, 0.15) is 0 Å². The highest BCUT2D eigenvalue weighted by atomic mass is 15.2. The van der Waals surface area contributed by atoms with Gasteiger partial charge in [0.25, 0.3) is 0 Å². The lowest BCUT2D eigenvalue weighted by molar-refractivity contribution is 0.0881. The van der Waals surface area contributed by atoms with Crippen molar-refractivity contribution in [2.75, 3.05) is 13.1 Å². The standard InChI is InChI=1S/C13H28N2/c1-5-15(6-2)13(3,4)12(14)10-11-8-7-9-11/h11-12H,5-10,14H2,1-4H3. The number of hydrogen-bond donors (Lipinski definition) is 1. The summed E-state index contributed by atoms with van der Waals surface area (Å²) in [5.74, 6) is 0.912.